The van der Waals surface area contributed by atoms with Crippen molar-refractivity contribution in [3.63, 3.8) is 0 Å². The van der Waals surface area contributed by atoms with Gasteiger partial charge in [-0.1, -0.05) is 36.2 Å². The van der Waals surface area contributed by atoms with Crippen LogP contribution in [0.1, 0.15) is 36.8 Å². The molecule has 80 valence electrons. The molecule has 0 spiro atoms. The Morgan fingerprint density at radius 3 is 2.47 bits per heavy atom. The number of benzene rings is 1. The first-order valence-electron chi connectivity index (χ1n) is 5.52. The van der Waals surface area contributed by atoms with Crippen LogP contribution in [0.15, 0.2) is 24.3 Å². The molecule has 2 heteroatoms. The molecule has 0 aliphatic heterocycles. The number of hydrogen-bond acceptors (Lipinski definition) is 2. The summed E-state index contributed by atoms with van der Waals surface area (Å²) in [6.07, 6.45) is 3.46. The maximum absolute atomic E-state index is 11.9. The van der Waals surface area contributed by atoms with Gasteiger partial charge in [-0.3, -0.25) is 4.79 Å². The van der Waals surface area contributed by atoms with Crippen molar-refractivity contribution in [1.82, 2.24) is 0 Å². The summed E-state index contributed by atoms with van der Waals surface area (Å²) in [5, 5.41) is 0. The molecule has 0 saturated heterocycles. The Balaban J connectivity index is 2.35. The van der Waals surface area contributed by atoms with E-state index in [1.165, 1.54) is 5.56 Å². The number of rotatable bonds is 1. The number of aryl methyl sites for hydroxylation is 1. The first-order chi connectivity index (χ1) is 7.13. The summed E-state index contributed by atoms with van der Waals surface area (Å²) in [7, 11) is 0. The van der Waals surface area contributed by atoms with Gasteiger partial charge in [-0.15, -0.1) is 0 Å². The topological polar surface area (TPSA) is 43.1 Å². The summed E-state index contributed by atoms with van der Waals surface area (Å²) in [5.41, 5.74) is 7.68. The molecule has 0 amide bonds. The largest absolute Gasteiger partial charge is 0.315 e. The van der Waals surface area contributed by atoms with Gasteiger partial charge in [0.25, 0.3) is 0 Å². The third-order valence-corrected chi connectivity index (χ3v) is 3.29. The van der Waals surface area contributed by atoms with Crippen molar-refractivity contribution in [2.75, 3.05) is 0 Å². The third kappa shape index (κ3) is 1.82. The molecular weight excluding hydrogens is 186 g/mol. The highest BCUT2D eigenvalue weighted by atomic mass is 16.1. The number of carbonyl (C=O) groups excluding carboxylic acids is 1. The molecule has 2 N–H and O–H groups in total. The average Bonchev–Trinajstić information content (AvgIpc) is 2.23. The molecular formula is C13H17NO. The zero-order valence-electron chi connectivity index (χ0n) is 9.12. The van der Waals surface area contributed by atoms with Crippen LogP contribution in [-0.2, 0) is 10.3 Å². The van der Waals surface area contributed by atoms with Crippen molar-refractivity contribution in [3.05, 3.63) is 35.4 Å². The lowest BCUT2D eigenvalue weighted by Crippen LogP contribution is -2.46. The van der Waals surface area contributed by atoms with E-state index >= 15 is 0 Å². The van der Waals surface area contributed by atoms with Crippen molar-refractivity contribution in [2.45, 2.75) is 38.1 Å². The van der Waals surface area contributed by atoms with Gasteiger partial charge < -0.3 is 5.73 Å². The molecule has 2 rings (SSSR count). The Bertz CT molecular complexity index is 369. The van der Waals surface area contributed by atoms with E-state index in [1.54, 1.807) is 0 Å². The van der Waals surface area contributed by atoms with Crippen molar-refractivity contribution in [2.24, 2.45) is 5.73 Å². The molecule has 0 unspecified atom stereocenters. The van der Waals surface area contributed by atoms with Crippen molar-refractivity contribution < 1.29 is 4.79 Å². The molecule has 1 saturated carbocycles. The smallest absolute Gasteiger partial charge is 0.157 e. The molecule has 1 aromatic rings. The second kappa shape index (κ2) is 3.78. The minimum Gasteiger partial charge on any atom is -0.315 e. The summed E-state index contributed by atoms with van der Waals surface area (Å²) in [4.78, 5) is 11.9. The fourth-order valence-electron chi connectivity index (χ4n) is 2.21. The summed E-state index contributed by atoms with van der Waals surface area (Å²) in [6, 6.07) is 8.01. The average molecular weight is 203 g/mol. The van der Waals surface area contributed by atoms with E-state index in [1.807, 2.05) is 31.2 Å². The Hall–Kier alpha value is -1.15. The van der Waals surface area contributed by atoms with Gasteiger partial charge in [-0.05, 0) is 25.3 Å². The van der Waals surface area contributed by atoms with Gasteiger partial charge in [0, 0.05) is 6.42 Å². The van der Waals surface area contributed by atoms with E-state index in [9.17, 15) is 4.79 Å². The molecule has 0 radical (unpaired) electrons. The number of ketones is 1. The van der Waals surface area contributed by atoms with E-state index < -0.39 is 5.54 Å². The molecule has 2 nitrogen and oxygen atoms in total. The van der Waals surface area contributed by atoms with Gasteiger partial charge in [0.05, 0.1) is 0 Å². The van der Waals surface area contributed by atoms with Gasteiger partial charge in [-0.25, -0.2) is 0 Å². The highest BCUT2D eigenvalue weighted by molar-refractivity contribution is 5.90. The molecule has 1 atom stereocenters. The highest BCUT2D eigenvalue weighted by Crippen LogP contribution is 2.31. The van der Waals surface area contributed by atoms with Crippen molar-refractivity contribution in [1.29, 1.82) is 0 Å². The van der Waals surface area contributed by atoms with Crippen LogP contribution in [0.25, 0.3) is 0 Å². The summed E-state index contributed by atoms with van der Waals surface area (Å²) in [6.45, 7) is 2.04. The van der Waals surface area contributed by atoms with Crippen LogP contribution >= 0.6 is 0 Å². The molecule has 1 aromatic carbocycles. The second-order valence-electron chi connectivity index (χ2n) is 4.47. The number of carbonyl (C=O) groups is 1. The van der Waals surface area contributed by atoms with Crippen LogP contribution in [0.5, 0.6) is 0 Å². The number of nitrogens with two attached hydrogens (primary N) is 1. The minimum atomic E-state index is -0.716. The van der Waals surface area contributed by atoms with Gasteiger partial charge in [0.15, 0.2) is 5.78 Å². The van der Waals surface area contributed by atoms with E-state index in [0.717, 1.165) is 24.8 Å². The van der Waals surface area contributed by atoms with Crippen molar-refractivity contribution in [3.8, 4) is 0 Å². The quantitative estimate of drug-likeness (QED) is 0.761. The van der Waals surface area contributed by atoms with Crippen molar-refractivity contribution >= 4 is 5.78 Å². The molecule has 1 aliphatic carbocycles. The zero-order valence-corrected chi connectivity index (χ0v) is 9.12. The predicted molar refractivity (Wildman–Crippen MR) is 60.5 cm³/mol. The Morgan fingerprint density at radius 2 is 1.87 bits per heavy atom. The lowest BCUT2D eigenvalue weighted by atomic mass is 9.76. The predicted octanol–water partition coefficient (Wildman–Crippen LogP) is 2.29. The number of hydrogen-bond donors (Lipinski definition) is 1. The lowest BCUT2D eigenvalue weighted by molar-refractivity contribution is -0.126. The van der Waals surface area contributed by atoms with Crippen LogP contribution in [0, 0.1) is 6.92 Å². The van der Waals surface area contributed by atoms with Crippen LogP contribution < -0.4 is 5.73 Å². The Kier molecular flexibility index (Phi) is 2.61. The fraction of sp³-hybridized carbons (Fsp3) is 0.462. The summed E-state index contributed by atoms with van der Waals surface area (Å²) in [5.74, 6) is 0.192. The van der Waals surface area contributed by atoms with Crippen LogP contribution in [-0.4, -0.2) is 5.78 Å². The van der Waals surface area contributed by atoms with Gasteiger partial charge >= 0.3 is 0 Å². The number of Topliss-reactive ketones (excluding diaryl/α,β-unsaturated/α-hetero) is 1. The highest BCUT2D eigenvalue weighted by Gasteiger charge is 2.37. The third-order valence-electron chi connectivity index (χ3n) is 3.29. The molecule has 1 aliphatic rings. The zero-order chi connectivity index (χ0) is 10.9. The lowest BCUT2D eigenvalue weighted by Gasteiger charge is -2.32. The SMILES string of the molecule is Cc1ccc([C@]2(N)CCCCC2=O)cc1. The van der Waals surface area contributed by atoms with Crippen LogP contribution in [0.4, 0.5) is 0 Å². The maximum atomic E-state index is 11.9. The Labute approximate surface area is 90.5 Å². The molecule has 0 heterocycles. The molecule has 0 aromatic heterocycles. The summed E-state index contributed by atoms with van der Waals surface area (Å²) >= 11 is 0. The van der Waals surface area contributed by atoms with Gasteiger partial charge in [-0.2, -0.15) is 0 Å². The summed E-state index contributed by atoms with van der Waals surface area (Å²) < 4.78 is 0. The molecule has 0 bridgehead atoms. The second-order valence-corrected chi connectivity index (χ2v) is 4.47. The monoisotopic (exact) mass is 203 g/mol. The first kappa shape index (κ1) is 10.4. The van der Waals surface area contributed by atoms with E-state index in [-0.39, 0.29) is 5.78 Å². The van der Waals surface area contributed by atoms with Crippen LogP contribution in [0.3, 0.4) is 0 Å². The van der Waals surface area contributed by atoms with Crippen LogP contribution in [0.2, 0.25) is 0 Å². The Morgan fingerprint density at radius 1 is 1.20 bits per heavy atom. The standard InChI is InChI=1S/C13H17NO/c1-10-5-7-11(8-6-10)13(14)9-3-2-4-12(13)15/h5-8H,2-4,9,14H2,1H3/t13-/m1/s1. The first-order valence-corrected chi connectivity index (χ1v) is 5.52. The normalized spacial score (nSPS) is 26.7. The van der Waals surface area contributed by atoms with E-state index in [0.29, 0.717) is 6.42 Å². The molecule has 15 heavy (non-hydrogen) atoms. The van der Waals surface area contributed by atoms with Gasteiger partial charge in [0.1, 0.15) is 5.54 Å². The van der Waals surface area contributed by atoms with E-state index in [2.05, 4.69) is 0 Å². The van der Waals surface area contributed by atoms with Gasteiger partial charge in [0.2, 0.25) is 0 Å². The van der Waals surface area contributed by atoms with E-state index in [4.69, 9.17) is 5.73 Å². The maximum Gasteiger partial charge on any atom is 0.157 e. The minimum absolute atomic E-state index is 0.192. The molecule has 1 fully saturated rings. The fourth-order valence-corrected chi connectivity index (χ4v) is 2.21.